The summed E-state index contributed by atoms with van der Waals surface area (Å²) in [7, 11) is 1.16. The highest BCUT2D eigenvalue weighted by Crippen LogP contribution is 2.30. The lowest BCUT2D eigenvalue weighted by Crippen LogP contribution is -2.59. The maximum Gasteiger partial charge on any atom is 0.326 e. The van der Waals surface area contributed by atoms with E-state index in [1.165, 1.54) is 0 Å². The third-order valence-electron chi connectivity index (χ3n) is 3.69. The first-order valence-electron chi connectivity index (χ1n) is 6.68. The van der Waals surface area contributed by atoms with Gasteiger partial charge in [-0.05, 0) is 18.8 Å². The van der Waals surface area contributed by atoms with E-state index < -0.39 is 35.8 Å². The normalized spacial score (nSPS) is 27.4. The maximum absolute atomic E-state index is 12.2. The van der Waals surface area contributed by atoms with Crippen molar-refractivity contribution in [1.29, 1.82) is 0 Å². The SMILES string of the molecule is COC(=O)C[C@H](NC(=O)C1(N)CCCC(C)C1)C(=O)O. The first-order valence-corrected chi connectivity index (χ1v) is 6.68. The molecule has 0 radical (unpaired) electrons. The Balaban J connectivity index is 2.70. The second-order valence-corrected chi connectivity index (χ2v) is 5.50. The van der Waals surface area contributed by atoms with E-state index in [4.69, 9.17) is 10.8 Å². The van der Waals surface area contributed by atoms with Crippen LogP contribution in [0.2, 0.25) is 0 Å². The number of carboxylic acid groups (broad SMARTS) is 1. The number of amides is 1. The van der Waals surface area contributed by atoms with E-state index in [0.29, 0.717) is 18.8 Å². The van der Waals surface area contributed by atoms with E-state index >= 15 is 0 Å². The van der Waals surface area contributed by atoms with Crippen LogP contribution in [0.15, 0.2) is 0 Å². The number of nitrogens with two attached hydrogens (primary N) is 1. The molecule has 7 nitrogen and oxygen atoms in total. The van der Waals surface area contributed by atoms with E-state index in [-0.39, 0.29) is 0 Å². The smallest absolute Gasteiger partial charge is 0.326 e. The summed E-state index contributed by atoms with van der Waals surface area (Å²) in [5, 5.41) is 11.4. The van der Waals surface area contributed by atoms with Crippen molar-refractivity contribution in [3.8, 4) is 0 Å². The van der Waals surface area contributed by atoms with Gasteiger partial charge in [-0.1, -0.05) is 19.8 Å². The van der Waals surface area contributed by atoms with Gasteiger partial charge in [0.1, 0.15) is 6.04 Å². The number of rotatable bonds is 5. The van der Waals surface area contributed by atoms with Gasteiger partial charge in [-0.3, -0.25) is 9.59 Å². The topological polar surface area (TPSA) is 119 Å². The van der Waals surface area contributed by atoms with Gasteiger partial charge in [0.15, 0.2) is 0 Å². The third-order valence-corrected chi connectivity index (χ3v) is 3.69. The monoisotopic (exact) mass is 286 g/mol. The van der Waals surface area contributed by atoms with E-state index in [1.807, 2.05) is 6.92 Å². The van der Waals surface area contributed by atoms with Gasteiger partial charge in [-0.15, -0.1) is 0 Å². The molecule has 1 saturated carbocycles. The van der Waals surface area contributed by atoms with Crippen molar-refractivity contribution in [1.82, 2.24) is 5.32 Å². The highest BCUT2D eigenvalue weighted by molar-refractivity contribution is 5.91. The molecule has 1 aliphatic carbocycles. The molecular weight excluding hydrogens is 264 g/mol. The lowest BCUT2D eigenvalue weighted by Gasteiger charge is -2.36. The minimum Gasteiger partial charge on any atom is -0.480 e. The number of aliphatic carboxylic acids is 1. The molecule has 0 aromatic rings. The standard InChI is InChI=1S/C13H22N2O5/c1-8-4-3-5-13(14,7-8)12(19)15-9(11(17)18)6-10(16)20-2/h8-9H,3-7,14H2,1-2H3,(H,15,19)(H,17,18)/t8?,9-,13?/m0/s1. The van der Waals surface area contributed by atoms with Crippen molar-refractivity contribution in [3.05, 3.63) is 0 Å². The van der Waals surface area contributed by atoms with Crippen LogP contribution >= 0.6 is 0 Å². The van der Waals surface area contributed by atoms with Crippen LogP contribution in [0.4, 0.5) is 0 Å². The average molecular weight is 286 g/mol. The van der Waals surface area contributed by atoms with Gasteiger partial charge < -0.3 is 20.9 Å². The molecule has 7 heteroatoms. The van der Waals surface area contributed by atoms with Gasteiger partial charge in [0.05, 0.1) is 19.1 Å². The van der Waals surface area contributed by atoms with Gasteiger partial charge in [0.2, 0.25) is 5.91 Å². The van der Waals surface area contributed by atoms with Gasteiger partial charge in [-0.2, -0.15) is 0 Å². The summed E-state index contributed by atoms with van der Waals surface area (Å²) in [6, 6.07) is -1.31. The van der Waals surface area contributed by atoms with Crippen molar-refractivity contribution in [3.63, 3.8) is 0 Å². The highest BCUT2D eigenvalue weighted by Gasteiger charge is 2.39. The molecule has 0 bridgehead atoms. The number of carbonyl (C=O) groups is 3. The molecule has 0 aliphatic heterocycles. The van der Waals surface area contributed by atoms with Crippen LogP contribution in [-0.4, -0.2) is 41.6 Å². The van der Waals surface area contributed by atoms with Crippen molar-refractivity contribution >= 4 is 17.8 Å². The van der Waals surface area contributed by atoms with E-state index in [2.05, 4.69) is 10.1 Å². The van der Waals surface area contributed by atoms with Gasteiger partial charge in [0.25, 0.3) is 0 Å². The summed E-state index contributed by atoms with van der Waals surface area (Å²) in [6.45, 7) is 2.01. The lowest BCUT2D eigenvalue weighted by atomic mass is 9.76. The summed E-state index contributed by atoms with van der Waals surface area (Å²) in [6.07, 6.45) is 2.47. The quantitative estimate of drug-likeness (QED) is 0.613. The fraction of sp³-hybridized carbons (Fsp3) is 0.769. The zero-order valence-corrected chi connectivity index (χ0v) is 11.8. The molecule has 0 aromatic carbocycles. The summed E-state index contributed by atoms with van der Waals surface area (Å²) >= 11 is 0. The Morgan fingerprint density at radius 1 is 1.50 bits per heavy atom. The number of esters is 1. The Morgan fingerprint density at radius 3 is 2.65 bits per heavy atom. The summed E-state index contributed by atoms with van der Waals surface area (Å²) in [5.74, 6) is -2.17. The number of ether oxygens (including phenoxy) is 1. The number of hydrogen-bond acceptors (Lipinski definition) is 5. The summed E-state index contributed by atoms with van der Waals surface area (Å²) in [4.78, 5) is 34.4. The molecule has 20 heavy (non-hydrogen) atoms. The largest absolute Gasteiger partial charge is 0.480 e. The number of hydrogen-bond donors (Lipinski definition) is 3. The summed E-state index contributed by atoms with van der Waals surface area (Å²) in [5.41, 5.74) is 5.03. The Morgan fingerprint density at radius 2 is 2.15 bits per heavy atom. The van der Waals surface area contributed by atoms with E-state index in [1.54, 1.807) is 0 Å². The Bertz CT molecular complexity index is 398. The molecule has 0 spiro atoms. The van der Waals surface area contributed by atoms with Crippen LogP contribution in [-0.2, 0) is 19.1 Å². The molecule has 0 aromatic heterocycles. The molecule has 2 unspecified atom stereocenters. The molecule has 4 N–H and O–H groups in total. The predicted molar refractivity (Wildman–Crippen MR) is 70.7 cm³/mol. The lowest BCUT2D eigenvalue weighted by molar-refractivity contribution is -0.149. The Hall–Kier alpha value is -1.63. The van der Waals surface area contributed by atoms with Crippen LogP contribution in [0.1, 0.15) is 39.0 Å². The molecule has 3 atom stereocenters. The predicted octanol–water partition coefficient (Wildman–Crippen LogP) is 0.0265. The fourth-order valence-corrected chi connectivity index (χ4v) is 2.55. The number of methoxy groups -OCH3 is 1. The molecule has 1 fully saturated rings. The number of nitrogens with one attached hydrogen (secondary N) is 1. The number of carbonyl (C=O) groups excluding carboxylic acids is 2. The van der Waals surface area contributed by atoms with Crippen LogP contribution in [0.3, 0.4) is 0 Å². The third kappa shape index (κ3) is 4.19. The van der Waals surface area contributed by atoms with Crippen LogP contribution in [0.25, 0.3) is 0 Å². The van der Waals surface area contributed by atoms with Crippen molar-refractivity contribution in [2.24, 2.45) is 11.7 Å². The van der Waals surface area contributed by atoms with Crippen LogP contribution in [0.5, 0.6) is 0 Å². The fourth-order valence-electron chi connectivity index (χ4n) is 2.55. The highest BCUT2D eigenvalue weighted by atomic mass is 16.5. The summed E-state index contributed by atoms with van der Waals surface area (Å²) < 4.78 is 4.42. The second-order valence-electron chi connectivity index (χ2n) is 5.50. The van der Waals surface area contributed by atoms with Gasteiger partial charge in [0, 0.05) is 0 Å². The number of carboxylic acids is 1. The molecule has 0 heterocycles. The molecule has 114 valence electrons. The molecular formula is C13H22N2O5. The second kappa shape index (κ2) is 6.69. The molecule has 1 aliphatic rings. The van der Waals surface area contributed by atoms with E-state index in [9.17, 15) is 14.4 Å². The van der Waals surface area contributed by atoms with E-state index in [0.717, 1.165) is 20.0 Å². The minimum absolute atomic E-state index is 0.323. The van der Waals surface area contributed by atoms with Gasteiger partial charge in [-0.25, -0.2) is 4.79 Å². The zero-order valence-electron chi connectivity index (χ0n) is 11.8. The zero-order chi connectivity index (χ0) is 15.3. The van der Waals surface area contributed by atoms with Crippen molar-refractivity contribution in [2.45, 2.75) is 50.6 Å². The average Bonchev–Trinajstić information content (AvgIpc) is 2.37. The maximum atomic E-state index is 12.2. The molecule has 0 saturated heterocycles. The minimum atomic E-state index is -1.31. The first-order chi connectivity index (χ1) is 9.28. The van der Waals surface area contributed by atoms with Gasteiger partial charge >= 0.3 is 11.9 Å². The van der Waals surface area contributed by atoms with Crippen LogP contribution < -0.4 is 11.1 Å². The molecule has 1 rings (SSSR count). The first kappa shape index (κ1) is 16.4. The van der Waals surface area contributed by atoms with Crippen molar-refractivity contribution in [2.75, 3.05) is 7.11 Å². The Kier molecular flexibility index (Phi) is 5.50. The van der Waals surface area contributed by atoms with Crippen molar-refractivity contribution < 1.29 is 24.2 Å². The molecule has 1 amide bonds. The Labute approximate surface area is 117 Å². The van der Waals surface area contributed by atoms with Crippen LogP contribution in [0, 0.1) is 5.92 Å².